The van der Waals surface area contributed by atoms with Crippen LogP contribution < -0.4 is 9.62 Å². The topological polar surface area (TPSA) is 88.6 Å². The predicted molar refractivity (Wildman–Crippen MR) is 84.3 cm³/mol. The molecular formula is C14H17N3O4S. The number of ether oxygens (including phenoxy) is 1. The molecule has 1 N–H and O–H groups in total. The Balaban J connectivity index is 2.34. The summed E-state index contributed by atoms with van der Waals surface area (Å²) in [6.45, 7) is 0.215. The molecule has 0 atom stereocenters. The summed E-state index contributed by atoms with van der Waals surface area (Å²) in [5.74, 6) is 0. The van der Waals surface area contributed by atoms with Crippen LogP contribution in [0.1, 0.15) is 0 Å². The quantitative estimate of drug-likeness (QED) is 0.897. The van der Waals surface area contributed by atoms with E-state index in [9.17, 15) is 13.2 Å². The second kappa shape index (κ2) is 6.61. The van der Waals surface area contributed by atoms with Crippen LogP contribution in [0.15, 0.2) is 36.5 Å². The summed E-state index contributed by atoms with van der Waals surface area (Å²) in [5, 5.41) is 3.31. The zero-order valence-corrected chi connectivity index (χ0v) is 13.1. The summed E-state index contributed by atoms with van der Waals surface area (Å²) in [5.41, 5.74) is 1.07. The minimum absolute atomic E-state index is 0.0869. The lowest BCUT2D eigenvalue weighted by Crippen LogP contribution is -2.38. The van der Waals surface area contributed by atoms with Gasteiger partial charge in [0.1, 0.15) is 0 Å². The van der Waals surface area contributed by atoms with Crippen molar-refractivity contribution >= 4 is 32.7 Å². The smallest absolute Gasteiger partial charge is 0.406 e. The summed E-state index contributed by atoms with van der Waals surface area (Å²) < 4.78 is 29.8. The molecule has 1 heterocycles. The lowest BCUT2D eigenvalue weighted by molar-refractivity contribution is 0.171. The first-order valence-electron chi connectivity index (χ1n) is 6.57. The van der Waals surface area contributed by atoms with Crippen LogP contribution in [-0.2, 0) is 14.8 Å². The Labute approximate surface area is 129 Å². The molecule has 1 aromatic carbocycles. The van der Waals surface area contributed by atoms with Gasteiger partial charge in [-0.1, -0.05) is 18.2 Å². The number of fused-ring (bicyclic) bond motifs is 1. The normalized spacial score (nSPS) is 11.2. The Kier molecular flexibility index (Phi) is 4.81. The number of anilines is 1. The van der Waals surface area contributed by atoms with Crippen molar-refractivity contribution in [1.82, 2.24) is 10.3 Å². The number of nitrogens with zero attached hydrogens (tertiary/aromatic N) is 2. The van der Waals surface area contributed by atoms with E-state index < -0.39 is 16.1 Å². The molecule has 0 aliphatic heterocycles. The number of hydrogen-bond acceptors (Lipinski definition) is 5. The number of methoxy groups -OCH3 is 1. The zero-order chi connectivity index (χ0) is 16.2. The van der Waals surface area contributed by atoms with E-state index in [1.807, 2.05) is 12.1 Å². The number of aromatic nitrogens is 1. The first kappa shape index (κ1) is 16.0. The van der Waals surface area contributed by atoms with Crippen molar-refractivity contribution in [1.29, 1.82) is 0 Å². The summed E-state index contributed by atoms with van der Waals surface area (Å²) in [7, 11) is -2.26. The van der Waals surface area contributed by atoms with Gasteiger partial charge in [0, 0.05) is 18.1 Å². The van der Waals surface area contributed by atoms with Crippen LogP contribution in [0, 0.1) is 0 Å². The van der Waals surface area contributed by atoms with Gasteiger partial charge in [-0.05, 0) is 12.1 Å². The Morgan fingerprint density at radius 2 is 2.05 bits per heavy atom. The van der Waals surface area contributed by atoms with Gasteiger partial charge in [-0.25, -0.2) is 13.2 Å². The molecule has 0 aliphatic rings. The minimum Gasteiger partial charge on any atom is -0.453 e. The Morgan fingerprint density at radius 3 is 2.73 bits per heavy atom. The molecule has 0 unspecified atom stereocenters. The van der Waals surface area contributed by atoms with Gasteiger partial charge in [0.25, 0.3) is 0 Å². The van der Waals surface area contributed by atoms with Gasteiger partial charge in [-0.2, -0.15) is 0 Å². The Bertz CT molecular complexity index is 771. The third-order valence-electron chi connectivity index (χ3n) is 3.05. The number of alkyl carbamates (subject to hydrolysis) is 1. The van der Waals surface area contributed by atoms with E-state index in [1.54, 1.807) is 24.4 Å². The predicted octanol–water partition coefficient (Wildman–Crippen LogP) is 1.36. The molecule has 1 aromatic heterocycles. The van der Waals surface area contributed by atoms with Gasteiger partial charge < -0.3 is 10.1 Å². The van der Waals surface area contributed by atoms with E-state index in [0.29, 0.717) is 11.2 Å². The number of benzene rings is 1. The van der Waals surface area contributed by atoms with Crippen LogP contribution in [0.25, 0.3) is 10.9 Å². The van der Waals surface area contributed by atoms with E-state index >= 15 is 0 Å². The van der Waals surface area contributed by atoms with Gasteiger partial charge in [0.15, 0.2) is 0 Å². The number of nitrogens with one attached hydrogen (secondary N) is 1. The van der Waals surface area contributed by atoms with Crippen LogP contribution in [0.5, 0.6) is 0 Å². The highest BCUT2D eigenvalue weighted by molar-refractivity contribution is 7.92. The number of carbonyl (C=O) groups excluding carboxylic acids is 1. The molecule has 0 saturated carbocycles. The van der Waals surface area contributed by atoms with Gasteiger partial charge in [0.2, 0.25) is 10.0 Å². The molecular weight excluding hydrogens is 306 g/mol. The van der Waals surface area contributed by atoms with Crippen molar-refractivity contribution in [2.75, 3.05) is 30.8 Å². The maximum absolute atomic E-state index is 12.1. The SMILES string of the molecule is COC(=O)NCCN(c1cccc2cccnc12)S(C)(=O)=O. The monoisotopic (exact) mass is 323 g/mol. The zero-order valence-electron chi connectivity index (χ0n) is 12.3. The van der Waals surface area contributed by atoms with Crippen molar-refractivity contribution in [3.05, 3.63) is 36.5 Å². The first-order chi connectivity index (χ1) is 10.4. The summed E-state index contributed by atoms with van der Waals surface area (Å²) in [6.07, 6.45) is 2.12. The summed E-state index contributed by atoms with van der Waals surface area (Å²) in [4.78, 5) is 15.3. The molecule has 0 bridgehead atoms. The maximum Gasteiger partial charge on any atom is 0.406 e. The molecule has 7 nitrogen and oxygen atoms in total. The largest absolute Gasteiger partial charge is 0.453 e. The van der Waals surface area contributed by atoms with Crippen molar-refractivity contribution in [3.8, 4) is 0 Å². The van der Waals surface area contributed by atoms with Crippen LogP contribution in [0.4, 0.5) is 10.5 Å². The molecule has 0 saturated heterocycles. The molecule has 0 fully saturated rings. The highest BCUT2D eigenvalue weighted by Gasteiger charge is 2.20. The lowest BCUT2D eigenvalue weighted by Gasteiger charge is -2.23. The molecule has 2 rings (SSSR count). The molecule has 2 aromatic rings. The van der Waals surface area contributed by atoms with E-state index in [-0.39, 0.29) is 13.1 Å². The minimum atomic E-state index is -3.51. The van der Waals surface area contributed by atoms with E-state index in [0.717, 1.165) is 11.6 Å². The standard InChI is InChI=1S/C14H17N3O4S/c1-21-14(18)16-9-10-17(22(2,19)20)12-7-3-5-11-6-4-8-15-13(11)12/h3-8H,9-10H2,1-2H3,(H,16,18). The fourth-order valence-corrected chi connectivity index (χ4v) is 3.01. The Hall–Kier alpha value is -2.35. The fraction of sp³-hybridized carbons (Fsp3) is 0.286. The van der Waals surface area contributed by atoms with Gasteiger partial charge in [-0.3, -0.25) is 9.29 Å². The van der Waals surface area contributed by atoms with Gasteiger partial charge in [-0.15, -0.1) is 0 Å². The van der Waals surface area contributed by atoms with Crippen molar-refractivity contribution in [3.63, 3.8) is 0 Å². The van der Waals surface area contributed by atoms with Crippen molar-refractivity contribution in [2.24, 2.45) is 0 Å². The van der Waals surface area contributed by atoms with E-state index in [2.05, 4.69) is 15.0 Å². The number of hydrogen-bond donors (Lipinski definition) is 1. The average molecular weight is 323 g/mol. The third kappa shape index (κ3) is 3.64. The molecule has 118 valence electrons. The van der Waals surface area contributed by atoms with Gasteiger partial charge in [0.05, 0.1) is 31.1 Å². The highest BCUT2D eigenvalue weighted by Crippen LogP contribution is 2.26. The van der Waals surface area contributed by atoms with Gasteiger partial charge >= 0.3 is 6.09 Å². The van der Waals surface area contributed by atoms with E-state index in [1.165, 1.54) is 11.4 Å². The number of pyridine rings is 1. The molecule has 8 heteroatoms. The lowest BCUT2D eigenvalue weighted by atomic mass is 10.2. The molecule has 0 aliphatic carbocycles. The number of para-hydroxylation sites is 1. The van der Waals surface area contributed by atoms with Crippen LogP contribution in [-0.4, -0.2) is 46.0 Å². The Morgan fingerprint density at radius 1 is 1.32 bits per heavy atom. The second-order valence-corrected chi connectivity index (χ2v) is 6.51. The van der Waals surface area contributed by atoms with Crippen LogP contribution in [0.2, 0.25) is 0 Å². The van der Waals surface area contributed by atoms with Crippen LogP contribution in [0.3, 0.4) is 0 Å². The molecule has 0 radical (unpaired) electrons. The molecule has 1 amide bonds. The second-order valence-electron chi connectivity index (χ2n) is 4.61. The van der Waals surface area contributed by atoms with Crippen molar-refractivity contribution < 1.29 is 17.9 Å². The van der Waals surface area contributed by atoms with Crippen molar-refractivity contribution in [2.45, 2.75) is 0 Å². The summed E-state index contributed by atoms with van der Waals surface area (Å²) >= 11 is 0. The number of amides is 1. The third-order valence-corrected chi connectivity index (χ3v) is 4.23. The number of carbonyl (C=O) groups is 1. The highest BCUT2D eigenvalue weighted by atomic mass is 32.2. The number of sulfonamides is 1. The maximum atomic E-state index is 12.1. The van der Waals surface area contributed by atoms with E-state index in [4.69, 9.17) is 0 Å². The average Bonchev–Trinajstić information content (AvgIpc) is 2.49. The molecule has 0 spiro atoms. The summed E-state index contributed by atoms with van der Waals surface area (Å²) in [6, 6.07) is 8.97. The molecule has 22 heavy (non-hydrogen) atoms. The van der Waals surface area contributed by atoms with Crippen LogP contribution >= 0.6 is 0 Å². The number of rotatable bonds is 5. The fourth-order valence-electron chi connectivity index (χ4n) is 2.09. The first-order valence-corrected chi connectivity index (χ1v) is 8.41.